The predicted molar refractivity (Wildman–Crippen MR) is 90.9 cm³/mol. The fraction of sp³-hybridized carbons (Fsp3) is 0. The molecule has 0 spiro atoms. The van der Waals surface area contributed by atoms with Gasteiger partial charge in [-0.2, -0.15) is 5.10 Å². The number of aromatic nitrogens is 5. The highest BCUT2D eigenvalue weighted by Gasteiger charge is 2.12. The van der Waals surface area contributed by atoms with Crippen molar-refractivity contribution in [1.29, 1.82) is 0 Å². The molecule has 0 bridgehead atoms. The van der Waals surface area contributed by atoms with Crippen molar-refractivity contribution in [3.8, 4) is 22.6 Å². The van der Waals surface area contributed by atoms with Crippen molar-refractivity contribution in [2.45, 2.75) is 0 Å². The van der Waals surface area contributed by atoms with E-state index in [2.05, 4.69) is 41.1 Å². The summed E-state index contributed by atoms with van der Waals surface area (Å²) in [4.78, 5) is 23.8. The van der Waals surface area contributed by atoms with Crippen molar-refractivity contribution in [2.24, 2.45) is 0 Å². The molecule has 3 aromatic heterocycles. The number of nitrogens with zero attached hydrogens (tertiary/aromatic N) is 3. The Morgan fingerprint density at radius 2 is 1.87 bits per heavy atom. The summed E-state index contributed by atoms with van der Waals surface area (Å²) in [5.41, 5.74) is 3.33. The van der Waals surface area contributed by atoms with E-state index in [0.29, 0.717) is 17.1 Å². The maximum absolute atomic E-state index is 12.1. The fourth-order valence-corrected chi connectivity index (χ4v) is 2.72. The molecule has 0 atom stereocenters. The molecular formula is C16H10BrN5O. The smallest absolute Gasteiger partial charge is 0.275 e. The first-order valence-corrected chi connectivity index (χ1v) is 7.66. The predicted octanol–water partition coefficient (Wildman–Crippen LogP) is 3.14. The maximum atomic E-state index is 12.1. The Bertz CT molecular complexity index is 1050. The number of halogens is 1. The number of hydrogen-bond acceptors (Lipinski definition) is 4. The van der Waals surface area contributed by atoms with E-state index in [0.717, 1.165) is 21.1 Å². The summed E-state index contributed by atoms with van der Waals surface area (Å²) in [6.45, 7) is 0. The topological polar surface area (TPSA) is 87.3 Å². The minimum atomic E-state index is -0.291. The van der Waals surface area contributed by atoms with Crippen molar-refractivity contribution < 1.29 is 0 Å². The van der Waals surface area contributed by atoms with Crippen LogP contribution in [0.1, 0.15) is 0 Å². The third-order valence-electron chi connectivity index (χ3n) is 3.48. The molecule has 2 N–H and O–H groups in total. The summed E-state index contributed by atoms with van der Waals surface area (Å²) < 4.78 is 0.946. The molecule has 4 aromatic rings. The Kier molecular flexibility index (Phi) is 3.27. The molecule has 0 aliphatic rings. The standard InChI is InChI=1S/C16H10BrN5O/c17-10-1-2-12-14(7-10)20-15(19-12)11-8-13(21-22-16(11)23)9-3-5-18-6-4-9/h1-8H,(H,19,20)(H,22,23). The molecule has 7 heteroatoms. The van der Waals surface area contributed by atoms with Gasteiger partial charge in [-0.1, -0.05) is 15.9 Å². The molecule has 0 saturated carbocycles. The zero-order valence-corrected chi connectivity index (χ0v) is 13.3. The molecule has 4 rings (SSSR count). The average Bonchev–Trinajstić information content (AvgIpc) is 2.99. The molecule has 3 heterocycles. The molecule has 0 fully saturated rings. The first-order valence-electron chi connectivity index (χ1n) is 6.86. The van der Waals surface area contributed by atoms with Gasteiger partial charge in [0.05, 0.1) is 22.3 Å². The van der Waals surface area contributed by atoms with Gasteiger partial charge in [-0.05, 0) is 36.4 Å². The maximum Gasteiger partial charge on any atom is 0.275 e. The van der Waals surface area contributed by atoms with E-state index in [1.165, 1.54) is 0 Å². The summed E-state index contributed by atoms with van der Waals surface area (Å²) in [6.07, 6.45) is 3.36. The van der Waals surface area contributed by atoms with E-state index >= 15 is 0 Å². The van der Waals surface area contributed by atoms with E-state index < -0.39 is 0 Å². The van der Waals surface area contributed by atoms with Gasteiger partial charge in [0.2, 0.25) is 0 Å². The molecule has 0 aliphatic carbocycles. The SMILES string of the molecule is O=c1[nH]nc(-c2ccncc2)cc1-c1nc2ccc(Br)cc2[nH]1. The van der Waals surface area contributed by atoms with Crippen LogP contribution in [-0.4, -0.2) is 25.1 Å². The van der Waals surface area contributed by atoms with Crippen LogP contribution in [0.5, 0.6) is 0 Å². The zero-order valence-electron chi connectivity index (χ0n) is 11.7. The van der Waals surface area contributed by atoms with Gasteiger partial charge in [0, 0.05) is 22.4 Å². The molecule has 112 valence electrons. The van der Waals surface area contributed by atoms with Crippen LogP contribution in [0.25, 0.3) is 33.7 Å². The second kappa shape index (κ2) is 5.44. The number of fused-ring (bicyclic) bond motifs is 1. The summed E-state index contributed by atoms with van der Waals surface area (Å²) >= 11 is 3.42. The first kappa shape index (κ1) is 13.8. The third kappa shape index (κ3) is 2.55. The van der Waals surface area contributed by atoms with Crippen molar-refractivity contribution in [2.75, 3.05) is 0 Å². The van der Waals surface area contributed by atoms with E-state index in [9.17, 15) is 4.79 Å². The van der Waals surface area contributed by atoms with Crippen LogP contribution in [-0.2, 0) is 0 Å². The van der Waals surface area contributed by atoms with Crippen molar-refractivity contribution in [1.82, 2.24) is 25.1 Å². The number of imidazole rings is 1. The molecule has 6 nitrogen and oxygen atoms in total. The van der Waals surface area contributed by atoms with Gasteiger partial charge >= 0.3 is 0 Å². The van der Waals surface area contributed by atoms with E-state index in [1.54, 1.807) is 18.5 Å². The zero-order chi connectivity index (χ0) is 15.8. The van der Waals surface area contributed by atoms with Crippen LogP contribution in [0.3, 0.4) is 0 Å². The Morgan fingerprint density at radius 1 is 1.04 bits per heavy atom. The summed E-state index contributed by atoms with van der Waals surface area (Å²) in [5, 5.41) is 6.61. The van der Waals surface area contributed by atoms with Gasteiger partial charge in [0.1, 0.15) is 5.82 Å². The van der Waals surface area contributed by atoms with Gasteiger partial charge in [-0.15, -0.1) is 0 Å². The molecule has 23 heavy (non-hydrogen) atoms. The highest BCUT2D eigenvalue weighted by Crippen LogP contribution is 2.23. The molecule has 0 unspecified atom stereocenters. The van der Waals surface area contributed by atoms with E-state index in [4.69, 9.17) is 0 Å². The highest BCUT2D eigenvalue weighted by atomic mass is 79.9. The second-order valence-corrected chi connectivity index (χ2v) is 5.89. The normalized spacial score (nSPS) is 11.0. The molecular weight excluding hydrogens is 358 g/mol. The Labute approximate surface area is 138 Å². The summed E-state index contributed by atoms with van der Waals surface area (Å²) in [6, 6.07) is 11.1. The third-order valence-corrected chi connectivity index (χ3v) is 3.97. The quantitative estimate of drug-likeness (QED) is 0.569. The van der Waals surface area contributed by atoms with Crippen molar-refractivity contribution >= 4 is 27.0 Å². The highest BCUT2D eigenvalue weighted by molar-refractivity contribution is 9.10. The minimum Gasteiger partial charge on any atom is -0.338 e. The first-order chi connectivity index (χ1) is 11.2. The van der Waals surface area contributed by atoms with Crippen molar-refractivity contribution in [3.05, 3.63) is 63.6 Å². The lowest BCUT2D eigenvalue weighted by Crippen LogP contribution is -2.12. The molecule has 0 saturated heterocycles. The van der Waals surface area contributed by atoms with Gasteiger partial charge in [0.25, 0.3) is 5.56 Å². The number of pyridine rings is 1. The minimum absolute atomic E-state index is 0.291. The lowest BCUT2D eigenvalue weighted by Gasteiger charge is -2.01. The lowest BCUT2D eigenvalue weighted by atomic mass is 10.1. The van der Waals surface area contributed by atoms with E-state index in [-0.39, 0.29) is 5.56 Å². The Balaban J connectivity index is 1.88. The largest absolute Gasteiger partial charge is 0.338 e. The van der Waals surface area contributed by atoms with Crippen LogP contribution in [0.2, 0.25) is 0 Å². The van der Waals surface area contributed by atoms with Gasteiger partial charge in [-0.3, -0.25) is 9.78 Å². The molecule has 0 radical (unpaired) electrons. The Morgan fingerprint density at radius 3 is 2.70 bits per heavy atom. The number of hydrogen-bond donors (Lipinski definition) is 2. The number of nitrogens with one attached hydrogen (secondary N) is 2. The van der Waals surface area contributed by atoms with Crippen LogP contribution in [0.15, 0.2) is 58.1 Å². The fourth-order valence-electron chi connectivity index (χ4n) is 2.36. The summed E-state index contributed by atoms with van der Waals surface area (Å²) in [7, 11) is 0. The number of benzene rings is 1. The molecule has 0 aliphatic heterocycles. The second-order valence-electron chi connectivity index (χ2n) is 4.98. The van der Waals surface area contributed by atoms with Crippen LogP contribution < -0.4 is 5.56 Å². The van der Waals surface area contributed by atoms with Crippen molar-refractivity contribution in [3.63, 3.8) is 0 Å². The van der Waals surface area contributed by atoms with Crippen LogP contribution >= 0.6 is 15.9 Å². The lowest BCUT2D eigenvalue weighted by molar-refractivity contribution is 0.993. The van der Waals surface area contributed by atoms with Gasteiger partial charge in [-0.25, -0.2) is 10.1 Å². The van der Waals surface area contributed by atoms with Gasteiger partial charge < -0.3 is 4.98 Å². The molecule has 1 aromatic carbocycles. The summed E-state index contributed by atoms with van der Waals surface area (Å²) in [5.74, 6) is 0.511. The van der Waals surface area contributed by atoms with Gasteiger partial charge in [0.15, 0.2) is 0 Å². The average molecular weight is 368 g/mol. The van der Waals surface area contributed by atoms with Crippen LogP contribution in [0, 0.1) is 0 Å². The molecule has 0 amide bonds. The number of aromatic amines is 2. The monoisotopic (exact) mass is 367 g/mol. The number of H-pyrrole nitrogens is 2. The number of rotatable bonds is 2. The Hall–Kier alpha value is -2.80. The van der Waals surface area contributed by atoms with Crippen LogP contribution in [0.4, 0.5) is 0 Å². The van der Waals surface area contributed by atoms with E-state index in [1.807, 2.05) is 30.3 Å².